The van der Waals surface area contributed by atoms with E-state index in [1.165, 1.54) is 0 Å². The molecule has 0 aliphatic carbocycles. The van der Waals surface area contributed by atoms with E-state index in [2.05, 4.69) is 11.5 Å². The lowest BCUT2D eigenvalue weighted by atomic mass is 10.3. The molecule has 0 spiro atoms. The molecule has 8 N–H and O–H groups in total. The number of carboxylic acids is 4. The molecule has 34 heavy (non-hydrogen) atoms. The number of ether oxygens (including phenoxy) is 2. The minimum Gasteiger partial charge on any atom is -0.550 e. The topological polar surface area (TPSA) is 229 Å². The van der Waals surface area contributed by atoms with Crippen molar-refractivity contribution in [2.45, 2.75) is 25.7 Å². The molecule has 188 valence electrons. The quantitative estimate of drug-likeness (QED) is 0.334. The second-order valence-electron chi connectivity index (χ2n) is 6.23. The second-order valence-corrected chi connectivity index (χ2v) is 6.23. The molecule has 0 aliphatic rings. The van der Waals surface area contributed by atoms with Gasteiger partial charge in [-0.3, -0.25) is 9.59 Å². The summed E-state index contributed by atoms with van der Waals surface area (Å²) in [5.41, 5.74) is 9.50. The first-order valence-corrected chi connectivity index (χ1v) is 9.66. The summed E-state index contributed by atoms with van der Waals surface area (Å²) in [7, 11) is 3.30. The number of carbonyl (C=O) groups excluding carboxylic acids is 2. The van der Waals surface area contributed by atoms with Crippen LogP contribution in [0.1, 0.15) is 25.7 Å². The fourth-order valence-electron chi connectivity index (χ4n) is 1.67. The lowest BCUT2D eigenvalue weighted by Gasteiger charge is -1.95. The van der Waals surface area contributed by atoms with Crippen molar-refractivity contribution in [2.75, 3.05) is 14.2 Å². The maximum absolute atomic E-state index is 9.61. The van der Waals surface area contributed by atoms with E-state index in [-0.39, 0.29) is 12.8 Å². The van der Waals surface area contributed by atoms with Crippen molar-refractivity contribution in [1.29, 1.82) is 0 Å². The molecule has 0 heterocycles. The summed E-state index contributed by atoms with van der Waals surface area (Å²) in [6.07, 6.45) is -1.53. The van der Waals surface area contributed by atoms with Crippen LogP contribution in [-0.4, -0.2) is 48.3 Å². The van der Waals surface area contributed by atoms with Gasteiger partial charge in [-0.05, 0) is 37.1 Å². The average molecular weight is 482 g/mol. The number of carboxylic acid groups (broad SMARTS) is 4. The summed E-state index contributed by atoms with van der Waals surface area (Å²) in [4.78, 5) is 38.3. The molecule has 12 heteroatoms. The predicted octanol–water partition coefficient (Wildman–Crippen LogP) is -1.66. The highest BCUT2D eigenvalue weighted by Gasteiger charge is 1.94. The van der Waals surface area contributed by atoms with Crippen LogP contribution in [-0.2, 0) is 19.2 Å². The molecule has 0 unspecified atom stereocenters. The fraction of sp³-hybridized carbons (Fsp3) is 0.273. The standard InChI is InChI=1S/2C7H9NO.2C4H6O4/c2*1-9-7-4-2-6(8)3-5-7;2*5-3(6)1-2-4(7)8/h2*2-5H,8H2,1H3;2*1-2H2,(H,5,6)(H,7,8). The number of carbonyl (C=O) groups is 4. The maximum Gasteiger partial charge on any atom is 0.303 e. The van der Waals surface area contributed by atoms with E-state index in [0.29, 0.717) is 0 Å². The van der Waals surface area contributed by atoms with Gasteiger partial charge in [0, 0.05) is 36.2 Å². The molecule has 2 aromatic rings. The summed E-state index contributed by atoms with van der Waals surface area (Å²) in [6, 6.07) is 15.2. The van der Waals surface area contributed by atoms with E-state index >= 15 is 0 Å². The van der Waals surface area contributed by atoms with Crippen LogP contribution in [0, 0.1) is 0 Å². The van der Waals surface area contributed by atoms with Crippen molar-refractivity contribution >= 4 is 35.3 Å². The normalized spacial score (nSPS) is 8.82. The molecule has 2 aromatic carbocycles. The minimum absolute atomic E-state index is 0.359. The van der Waals surface area contributed by atoms with E-state index in [1.807, 2.05) is 48.5 Å². The Morgan fingerprint density at radius 1 is 0.647 bits per heavy atom. The van der Waals surface area contributed by atoms with Crippen molar-refractivity contribution in [3.05, 3.63) is 48.5 Å². The summed E-state index contributed by atoms with van der Waals surface area (Å²) >= 11 is 0. The van der Waals surface area contributed by atoms with Crippen LogP contribution in [0.5, 0.6) is 11.5 Å². The van der Waals surface area contributed by atoms with Gasteiger partial charge >= 0.3 is 11.9 Å². The fourth-order valence-corrected chi connectivity index (χ4v) is 1.67. The van der Waals surface area contributed by atoms with Gasteiger partial charge in [0.2, 0.25) is 0 Å². The molecule has 2 rings (SSSR count). The van der Waals surface area contributed by atoms with Crippen LogP contribution in [0.4, 0.5) is 11.4 Å². The number of methoxy groups -OCH3 is 2. The van der Waals surface area contributed by atoms with E-state index in [1.54, 1.807) is 14.2 Å². The van der Waals surface area contributed by atoms with Crippen LogP contribution in [0.25, 0.3) is 0 Å². The number of rotatable bonds is 8. The zero-order valence-corrected chi connectivity index (χ0v) is 19.0. The van der Waals surface area contributed by atoms with E-state index in [0.717, 1.165) is 22.9 Å². The molecular formula is C22H30N2O10. The lowest BCUT2D eigenvalue weighted by molar-refractivity contribution is -0.307. The molecule has 0 aromatic heterocycles. The highest BCUT2D eigenvalue weighted by molar-refractivity contribution is 5.74. The van der Waals surface area contributed by atoms with Gasteiger partial charge in [-0.1, -0.05) is 0 Å². The summed E-state index contributed by atoms with van der Waals surface area (Å²) in [6.45, 7) is 0. The summed E-state index contributed by atoms with van der Waals surface area (Å²) in [5, 5.41) is 34.8. The lowest BCUT2D eigenvalue weighted by Crippen LogP contribution is -2.39. The molecule has 0 aliphatic heterocycles. The molecular weight excluding hydrogens is 452 g/mol. The molecule has 12 nitrogen and oxygen atoms in total. The third kappa shape index (κ3) is 22.5. The van der Waals surface area contributed by atoms with Gasteiger partial charge in [-0.25, -0.2) is 0 Å². The van der Waals surface area contributed by atoms with E-state index in [9.17, 15) is 29.4 Å². The Morgan fingerprint density at radius 2 is 0.912 bits per heavy atom. The first kappa shape index (κ1) is 32.0. The molecule has 0 radical (unpaired) electrons. The Balaban J connectivity index is 0. The van der Waals surface area contributed by atoms with E-state index < -0.39 is 36.7 Å². The Kier molecular flexibility index (Phi) is 18.4. The number of hydrogen-bond donors (Lipinski definition) is 4. The smallest absolute Gasteiger partial charge is 0.303 e. The van der Waals surface area contributed by atoms with Crippen LogP contribution >= 0.6 is 0 Å². The molecule has 0 amide bonds. The number of benzene rings is 2. The Labute approximate surface area is 196 Å². The third-order valence-electron chi connectivity index (χ3n) is 3.40. The van der Waals surface area contributed by atoms with Crippen molar-refractivity contribution in [1.82, 2.24) is 0 Å². The number of hydrogen-bond acceptors (Lipinski definition) is 8. The van der Waals surface area contributed by atoms with Gasteiger partial charge in [0.1, 0.15) is 22.9 Å². The van der Waals surface area contributed by atoms with Gasteiger partial charge in [0.25, 0.3) is 0 Å². The summed E-state index contributed by atoms with van der Waals surface area (Å²) < 4.78 is 9.88. The maximum atomic E-state index is 9.61. The third-order valence-corrected chi connectivity index (χ3v) is 3.40. The van der Waals surface area contributed by atoms with Crippen LogP contribution in [0.2, 0.25) is 0 Å². The first-order valence-electron chi connectivity index (χ1n) is 9.66. The van der Waals surface area contributed by atoms with Gasteiger partial charge in [0.15, 0.2) is 0 Å². The molecule has 0 fully saturated rings. The number of aliphatic carboxylic acids is 4. The zero-order chi connectivity index (χ0) is 26.5. The molecule has 0 saturated carbocycles. The molecule has 0 atom stereocenters. The summed E-state index contributed by atoms with van der Waals surface area (Å²) in [5.74, 6) is -3.13. The Bertz CT molecular complexity index is 767. The van der Waals surface area contributed by atoms with Crippen LogP contribution in [0.15, 0.2) is 48.5 Å². The predicted molar refractivity (Wildman–Crippen MR) is 115 cm³/mol. The van der Waals surface area contributed by atoms with Crippen molar-refractivity contribution in [3.63, 3.8) is 0 Å². The van der Waals surface area contributed by atoms with Gasteiger partial charge in [-0.2, -0.15) is 0 Å². The number of quaternary nitrogens is 2. The van der Waals surface area contributed by atoms with Gasteiger partial charge in [-0.15, -0.1) is 0 Å². The zero-order valence-electron chi connectivity index (χ0n) is 19.0. The highest BCUT2D eigenvalue weighted by atomic mass is 16.5. The largest absolute Gasteiger partial charge is 0.550 e. The molecule has 0 bridgehead atoms. The minimum atomic E-state index is -1.33. The first-order chi connectivity index (χ1) is 15.9. The highest BCUT2D eigenvalue weighted by Crippen LogP contribution is 2.11. The van der Waals surface area contributed by atoms with Crippen LogP contribution in [0.3, 0.4) is 0 Å². The Morgan fingerprint density at radius 3 is 1.06 bits per heavy atom. The molecule has 0 saturated heterocycles. The van der Waals surface area contributed by atoms with Gasteiger partial charge in [0.05, 0.1) is 27.1 Å². The van der Waals surface area contributed by atoms with Gasteiger partial charge < -0.3 is 51.0 Å². The van der Waals surface area contributed by atoms with Crippen LogP contribution < -0.4 is 31.2 Å². The van der Waals surface area contributed by atoms with Crippen molar-refractivity contribution in [2.24, 2.45) is 0 Å². The SMILES string of the molecule is COc1ccc([NH3+])cc1.COc1ccc([NH3+])cc1.O=C([O-])CCC(=O)O.O=C([O-])CCC(=O)O. The monoisotopic (exact) mass is 482 g/mol. The second kappa shape index (κ2) is 19.5. The van der Waals surface area contributed by atoms with E-state index in [4.69, 9.17) is 19.7 Å². The average Bonchev–Trinajstić information content (AvgIpc) is 2.79. The van der Waals surface area contributed by atoms with Crippen molar-refractivity contribution in [3.8, 4) is 11.5 Å². The Hall–Kier alpha value is -4.16. The van der Waals surface area contributed by atoms with Crippen molar-refractivity contribution < 1.29 is 60.5 Å².